The van der Waals surface area contributed by atoms with Gasteiger partial charge in [0.15, 0.2) is 0 Å². The number of ether oxygens (including phenoxy) is 1. The van der Waals surface area contributed by atoms with Gasteiger partial charge in [0.1, 0.15) is 11.4 Å². The maximum Gasteiger partial charge on any atom is 0.224 e. The van der Waals surface area contributed by atoms with Crippen molar-refractivity contribution in [3.63, 3.8) is 0 Å². The van der Waals surface area contributed by atoms with E-state index in [4.69, 9.17) is 27.1 Å². The standard InChI is InChI=1S/C26H33ClN4O3/c1-34-15-5-14-31-23-7-3-2-6-22(23)29-25(31)26(33)12-4-13-30(18-26)24(32)17-21(28)16-19-8-10-20(27)11-9-19/h2-3,6-11,21,33H,4-5,12-18,28H2,1H3/t21-,26-/m1/s1. The van der Waals surface area contributed by atoms with Crippen molar-refractivity contribution < 1.29 is 14.6 Å². The van der Waals surface area contributed by atoms with Crippen LogP contribution in [0.25, 0.3) is 11.0 Å². The quantitative estimate of drug-likeness (QED) is 0.453. The Hall–Kier alpha value is -2.45. The van der Waals surface area contributed by atoms with Gasteiger partial charge in [-0.3, -0.25) is 4.79 Å². The van der Waals surface area contributed by atoms with E-state index in [1.165, 1.54) is 0 Å². The second-order valence-electron chi connectivity index (χ2n) is 9.17. The first-order valence-electron chi connectivity index (χ1n) is 11.8. The van der Waals surface area contributed by atoms with Crippen LogP contribution in [-0.2, 0) is 28.1 Å². The summed E-state index contributed by atoms with van der Waals surface area (Å²) in [5.74, 6) is 0.578. The lowest BCUT2D eigenvalue weighted by molar-refractivity contribution is -0.139. The molecule has 0 bridgehead atoms. The zero-order valence-electron chi connectivity index (χ0n) is 19.6. The van der Waals surface area contributed by atoms with Crippen LogP contribution in [0, 0.1) is 0 Å². The molecule has 0 aliphatic carbocycles. The van der Waals surface area contributed by atoms with E-state index < -0.39 is 5.60 Å². The van der Waals surface area contributed by atoms with Crippen molar-refractivity contribution in [2.75, 3.05) is 26.8 Å². The summed E-state index contributed by atoms with van der Waals surface area (Å²) in [7, 11) is 1.68. The summed E-state index contributed by atoms with van der Waals surface area (Å²) in [4.78, 5) is 19.7. The van der Waals surface area contributed by atoms with E-state index in [9.17, 15) is 9.90 Å². The fraction of sp³-hybridized carbons (Fsp3) is 0.462. The number of fused-ring (bicyclic) bond motifs is 1. The molecule has 1 saturated heterocycles. The number of amides is 1. The van der Waals surface area contributed by atoms with Crippen molar-refractivity contribution in [1.29, 1.82) is 0 Å². The largest absolute Gasteiger partial charge is 0.385 e. The number of piperidine rings is 1. The Bertz CT molecular complexity index is 1120. The summed E-state index contributed by atoms with van der Waals surface area (Å²) in [5, 5.41) is 12.4. The number of imidazole rings is 1. The first-order valence-corrected chi connectivity index (χ1v) is 12.2. The van der Waals surface area contributed by atoms with Gasteiger partial charge in [0.05, 0.1) is 17.6 Å². The molecule has 4 rings (SSSR count). The third kappa shape index (κ3) is 5.61. The van der Waals surface area contributed by atoms with Crippen molar-refractivity contribution in [3.8, 4) is 0 Å². The number of halogens is 1. The van der Waals surface area contributed by atoms with Gasteiger partial charge in [-0.2, -0.15) is 0 Å². The normalized spacial score (nSPS) is 19.5. The van der Waals surface area contributed by atoms with Gasteiger partial charge in [-0.1, -0.05) is 35.9 Å². The minimum absolute atomic E-state index is 0.0402. The van der Waals surface area contributed by atoms with Crippen LogP contribution in [-0.4, -0.2) is 58.3 Å². The van der Waals surface area contributed by atoms with Crippen LogP contribution in [0.2, 0.25) is 5.02 Å². The van der Waals surface area contributed by atoms with Crippen LogP contribution in [0.5, 0.6) is 0 Å². The SMILES string of the molecule is COCCCn1c([C@@]2(O)CCCN(C(=O)C[C@H](N)Cc3ccc(Cl)cc3)C2)nc2ccccc21. The zero-order chi connectivity index (χ0) is 24.1. The fourth-order valence-electron chi connectivity index (χ4n) is 4.80. The van der Waals surface area contributed by atoms with E-state index in [0.29, 0.717) is 49.8 Å². The molecule has 3 aromatic rings. The molecule has 1 amide bonds. The Balaban J connectivity index is 1.48. The molecule has 0 unspecified atom stereocenters. The monoisotopic (exact) mass is 484 g/mol. The molecule has 34 heavy (non-hydrogen) atoms. The van der Waals surface area contributed by atoms with Gasteiger partial charge in [-0.15, -0.1) is 0 Å². The van der Waals surface area contributed by atoms with Gasteiger partial charge >= 0.3 is 0 Å². The summed E-state index contributed by atoms with van der Waals surface area (Å²) >= 11 is 5.95. The highest BCUT2D eigenvalue weighted by molar-refractivity contribution is 6.30. The molecule has 1 aliphatic rings. The molecule has 0 radical (unpaired) electrons. The van der Waals surface area contributed by atoms with Crippen molar-refractivity contribution in [2.45, 2.75) is 50.3 Å². The molecule has 8 heteroatoms. The average molecular weight is 485 g/mol. The lowest BCUT2D eigenvalue weighted by atomic mass is 9.91. The first-order chi connectivity index (χ1) is 16.4. The maximum absolute atomic E-state index is 13.1. The number of nitrogens with two attached hydrogens (primary N) is 1. The highest BCUT2D eigenvalue weighted by Gasteiger charge is 2.40. The molecule has 182 valence electrons. The van der Waals surface area contributed by atoms with Gasteiger partial charge < -0.3 is 25.0 Å². The predicted octanol–water partition coefficient (Wildman–Crippen LogP) is 3.50. The number of aliphatic hydroxyl groups is 1. The summed E-state index contributed by atoms with van der Waals surface area (Å²) in [6.07, 6.45) is 2.89. The number of carbonyl (C=O) groups excluding carboxylic acids is 1. The topological polar surface area (TPSA) is 93.6 Å². The number of hydrogen-bond acceptors (Lipinski definition) is 5. The number of likely N-dealkylation sites (tertiary alicyclic amines) is 1. The lowest BCUT2D eigenvalue weighted by Crippen LogP contribution is -2.50. The van der Waals surface area contributed by atoms with Crippen LogP contribution < -0.4 is 5.73 Å². The van der Waals surface area contributed by atoms with Crippen LogP contribution in [0.15, 0.2) is 48.5 Å². The summed E-state index contributed by atoms with van der Waals surface area (Å²) in [5.41, 5.74) is 7.97. The number of β-amino-alcohol motifs (C(OH)–C–C–N with tert-alkyl or cyclic N) is 1. The Morgan fingerprint density at radius 2 is 2.03 bits per heavy atom. The first kappa shape index (κ1) is 24.7. The molecule has 1 fully saturated rings. The molecule has 1 aromatic heterocycles. The van der Waals surface area contributed by atoms with Crippen molar-refractivity contribution in [1.82, 2.24) is 14.5 Å². The van der Waals surface area contributed by atoms with E-state index in [2.05, 4.69) is 4.57 Å². The fourth-order valence-corrected chi connectivity index (χ4v) is 4.93. The summed E-state index contributed by atoms with van der Waals surface area (Å²) in [6, 6.07) is 15.1. The smallest absolute Gasteiger partial charge is 0.224 e. The van der Waals surface area contributed by atoms with E-state index in [1.807, 2.05) is 48.5 Å². The molecular weight excluding hydrogens is 452 g/mol. The molecule has 2 aromatic carbocycles. The Morgan fingerprint density at radius 3 is 2.79 bits per heavy atom. The zero-order valence-corrected chi connectivity index (χ0v) is 20.4. The van der Waals surface area contributed by atoms with Gasteiger partial charge in [0.2, 0.25) is 5.91 Å². The number of rotatable bonds is 9. The minimum atomic E-state index is -1.21. The lowest BCUT2D eigenvalue weighted by Gasteiger charge is -2.39. The molecule has 2 heterocycles. The Morgan fingerprint density at radius 1 is 1.26 bits per heavy atom. The number of para-hydroxylation sites is 2. The summed E-state index contributed by atoms with van der Waals surface area (Å²) < 4.78 is 7.31. The van der Waals surface area contributed by atoms with Crippen LogP contribution in [0.4, 0.5) is 0 Å². The second kappa shape index (κ2) is 10.9. The number of hydrogen-bond donors (Lipinski definition) is 2. The molecule has 2 atom stereocenters. The highest BCUT2D eigenvalue weighted by Crippen LogP contribution is 2.33. The second-order valence-corrected chi connectivity index (χ2v) is 9.60. The van der Waals surface area contributed by atoms with Crippen molar-refractivity contribution in [3.05, 3.63) is 64.9 Å². The van der Waals surface area contributed by atoms with Gasteiger partial charge in [0.25, 0.3) is 0 Å². The molecule has 7 nitrogen and oxygen atoms in total. The van der Waals surface area contributed by atoms with E-state index in [1.54, 1.807) is 12.0 Å². The van der Waals surface area contributed by atoms with Gasteiger partial charge in [-0.25, -0.2) is 4.98 Å². The van der Waals surface area contributed by atoms with Crippen LogP contribution in [0.1, 0.15) is 37.1 Å². The maximum atomic E-state index is 13.1. The third-order valence-electron chi connectivity index (χ3n) is 6.47. The van der Waals surface area contributed by atoms with Crippen molar-refractivity contribution >= 4 is 28.5 Å². The van der Waals surface area contributed by atoms with Gasteiger partial charge in [-0.05, 0) is 55.5 Å². The number of benzene rings is 2. The molecule has 0 spiro atoms. The molecule has 3 N–H and O–H groups in total. The Labute approximate surface area is 205 Å². The molecule has 0 saturated carbocycles. The predicted molar refractivity (Wildman–Crippen MR) is 134 cm³/mol. The van der Waals surface area contributed by atoms with E-state index >= 15 is 0 Å². The number of methoxy groups -OCH3 is 1. The number of nitrogens with zero attached hydrogens (tertiary/aromatic N) is 3. The van der Waals surface area contributed by atoms with Crippen molar-refractivity contribution in [2.24, 2.45) is 5.73 Å². The third-order valence-corrected chi connectivity index (χ3v) is 6.72. The summed E-state index contributed by atoms with van der Waals surface area (Å²) in [6.45, 7) is 2.14. The molecular formula is C26H33ClN4O3. The minimum Gasteiger partial charge on any atom is -0.385 e. The Kier molecular flexibility index (Phi) is 7.88. The average Bonchev–Trinajstić information content (AvgIpc) is 3.20. The van der Waals surface area contributed by atoms with E-state index in [0.717, 1.165) is 23.0 Å². The van der Waals surface area contributed by atoms with E-state index in [-0.39, 0.29) is 24.9 Å². The number of aromatic nitrogens is 2. The number of carbonyl (C=O) groups is 1. The van der Waals surface area contributed by atoms with Gasteiger partial charge in [0, 0.05) is 44.3 Å². The van der Waals surface area contributed by atoms with Crippen LogP contribution in [0.3, 0.4) is 0 Å². The number of aryl methyl sites for hydroxylation is 1. The highest BCUT2D eigenvalue weighted by atomic mass is 35.5. The molecule has 1 aliphatic heterocycles. The van der Waals surface area contributed by atoms with Crippen LogP contribution >= 0.6 is 11.6 Å².